The molecule has 2 fully saturated rings. The summed E-state index contributed by atoms with van der Waals surface area (Å²) >= 11 is 0. The van der Waals surface area contributed by atoms with Crippen molar-refractivity contribution < 1.29 is 14.3 Å². The molecule has 3 aromatic carbocycles. The Hall–Kier alpha value is -4.27. The van der Waals surface area contributed by atoms with Crippen LogP contribution in [0.15, 0.2) is 84.9 Å². The number of nitrogens with zero attached hydrogens (tertiary/aromatic N) is 3. The van der Waals surface area contributed by atoms with Gasteiger partial charge in [0.05, 0.1) is 29.6 Å². The van der Waals surface area contributed by atoms with Crippen molar-refractivity contribution in [3.05, 3.63) is 96.1 Å². The smallest absolute Gasteiger partial charge is 0.433 e. The Morgan fingerprint density at radius 1 is 1.03 bits per heavy atom. The van der Waals surface area contributed by atoms with E-state index in [9.17, 15) is 9.59 Å². The molecule has 0 radical (unpaired) electrons. The highest BCUT2D eigenvalue weighted by Crippen LogP contribution is 2.34. The topological polar surface area (TPSA) is 86.8 Å². The number of carbonyl (C=O) groups excluding carboxylic acids is 2. The Bertz CT molecular complexity index is 1480. The van der Waals surface area contributed by atoms with Gasteiger partial charge in [-0.1, -0.05) is 66.7 Å². The van der Waals surface area contributed by atoms with Crippen LogP contribution in [0.2, 0.25) is 0 Å². The zero-order valence-corrected chi connectivity index (χ0v) is 21.1. The first kappa shape index (κ1) is 24.1. The van der Waals surface area contributed by atoms with Crippen molar-refractivity contribution >= 4 is 28.6 Å². The van der Waals surface area contributed by atoms with Crippen LogP contribution in [0.25, 0.3) is 22.2 Å². The van der Waals surface area contributed by atoms with E-state index in [4.69, 9.17) is 9.72 Å². The molecule has 2 aliphatic heterocycles. The number of hydrazine groups is 1. The lowest BCUT2D eigenvalue weighted by Crippen LogP contribution is -2.47. The molecule has 4 aromatic rings. The highest BCUT2D eigenvalue weighted by atomic mass is 16.5. The molecule has 2 bridgehead atoms. The van der Waals surface area contributed by atoms with Crippen LogP contribution in [0, 0.1) is 0 Å². The Balaban J connectivity index is 1.50. The summed E-state index contributed by atoms with van der Waals surface area (Å²) in [7, 11) is 1.29. The number of ether oxygens (including phenoxy) is 1. The normalized spacial score (nSPS) is 18.4. The van der Waals surface area contributed by atoms with E-state index in [1.54, 1.807) is 24.3 Å². The van der Waals surface area contributed by atoms with E-state index in [1.165, 1.54) is 7.11 Å². The van der Waals surface area contributed by atoms with Crippen molar-refractivity contribution in [1.29, 1.82) is 0 Å². The predicted molar refractivity (Wildman–Crippen MR) is 147 cm³/mol. The average molecular weight is 508 g/mol. The number of hydrogen-bond donors (Lipinski definition) is 2. The van der Waals surface area contributed by atoms with Gasteiger partial charge in [0.1, 0.15) is 0 Å². The summed E-state index contributed by atoms with van der Waals surface area (Å²) in [5, 5.41) is 5.43. The molecule has 8 heteroatoms. The number of rotatable bonds is 5. The summed E-state index contributed by atoms with van der Waals surface area (Å²) in [6, 6.07) is 27.4. The zero-order chi connectivity index (χ0) is 26.1. The van der Waals surface area contributed by atoms with Crippen LogP contribution >= 0.6 is 0 Å². The van der Waals surface area contributed by atoms with Gasteiger partial charge < -0.3 is 10.1 Å². The molecule has 0 saturated carbocycles. The molecule has 0 unspecified atom stereocenters. The third-order valence-electron chi connectivity index (χ3n) is 7.38. The number of amides is 2. The molecule has 8 nitrogen and oxygen atoms in total. The number of pyridine rings is 1. The molecule has 192 valence electrons. The molecule has 2 atom stereocenters. The van der Waals surface area contributed by atoms with Crippen LogP contribution in [0.3, 0.4) is 0 Å². The number of fused-ring (bicyclic) bond motifs is 3. The van der Waals surface area contributed by atoms with Gasteiger partial charge in [0.2, 0.25) is 0 Å². The van der Waals surface area contributed by atoms with Crippen LogP contribution in [0.1, 0.15) is 22.3 Å². The third kappa shape index (κ3) is 4.49. The maximum atomic E-state index is 14.2. The summed E-state index contributed by atoms with van der Waals surface area (Å²) in [4.78, 5) is 34.4. The number of carbonyl (C=O) groups is 2. The average Bonchev–Trinajstić information content (AvgIpc) is 3.59. The van der Waals surface area contributed by atoms with Crippen molar-refractivity contribution in [2.75, 3.05) is 25.2 Å². The van der Waals surface area contributed by atoms with E-state index >= 15 is 0 Å². The van der Waals surface area contributed by atoms with Crippen molar-refractivity contribution in [1.82, 2.24) is 20.6 Å². The van der Waals surface area contributed by atoms with Crippen molar-refractivity contribution in [3.63, 3.8) is 0 Å². The standard InChI is InChI=1S/C30H29N5O3/c1-38-30(37)35(22-12-6-3-7-13-22)33-29(36)27-24-14-8-9-15-26(24)32-28(20-10-4-2-5-11-20)25(27)19-34-18-21-16-23(34)17-31-21/h2-15,21,23,31H,16-19H2,1H3,(H,33,36)/t21-,23-/m0/s1. The number of aromatic nitrogens is 1. The monoisotopic (exact) mass is 507 g/mol. The van der Waals surface area contributed by atoms with E-state index in [-0.39, 0.29) is 0 Å². The Morgan fingerprint density at radius 3 is 2.42 bits per heavy atom. The number of hydrogen-bond acceptors (Lipinski definition) is 6. The number of para-hydroxylation sites is 2. The molecule has 3 heterocycles. The molecule has 0 aliphatic carbocycles. The van der Waals surface area contributed by atoms with E-state index in [1.807, 2.05) is 60.7 Å². The van der Waals surface area contributed by atoms with Gasteiger partial charge in [0.25, 0.3) is 5.91 Å². The molecule has 0 spiro atoms. The second-order valence-corrected chi connectivity index (χ2v) is 9.70. The van der Waals surface area contributed by atoms with Gasteiger partial charge in [-0.05, 0) is 24.6 Å². The summed E-state index contributed by atoms with van der Waals surface area (Å²) in [5.41, 5.74) is 7.12. The lowest BCUT2D eigenvalue weighted by Gasteiger charge is -2.29. The summed E-state index contributed by atoms with van der Waals surface area (Å²) in [6.07, 6.45) is 0.420. The molecular formula is C30H29N5O3. The summed E-state index contributed by atoms with van der Waals surface area (Å²) in [5.74, 6) is -0.396. The quantitative estimate of drug-likeness (QED) is 0.390. The van der Waals surface area contributed by atoms with E-state index in [0.717, 1.165) is 46.7 Å². The van der Waals surface area contributed by atoms with Gasteiger partial charge >= 0.3 is 6.09 Å². The number of benzene rings is 3. The van der Waals surface area contributed by atoms with Gasteiger partial charge in [-0.2, -0.15) is 5.01 Å². The lowest BCUT2D eigenvalue weighted by atomic mass is 9.95. The van der Waals surface area contributed by atoms with Crippen LogP contribution in [-0.4, -0.2) is 54.2 Å². The van der Waals surface area contributed by atoms with E-state index in [2.05, 4.69) is 15.6 Å². The molecule has 38 heavy (non-hydrogen) atoms. The van der Waals surface area contributed by atoms with Gasteiger partial charge in [0, 0.05) is 48.2 Å². The molecule has 2 amide bonds. The summed E-state index contributed by atoms with van der Waals surface area (Å²) < 4.78 is 5.00. The van der Waals surface area contributed by atoms with Crippen LogP contribution in [-0.2, 0) is 11.3 Å². The summed E-state index contributed by atoms with van der Waals surface area (Å²) in [6.45, 7) is 2.44. The van der Waals surface area contributed by atoms with Crippen LogP contribution in [0.4, 0.5) is 10.5 Å². The minimum Gasteiger partial charge on any atom is -0.451 e. The Labute approximate surface area is 221 Å². The molecule has 6 rings (SSSR count). The van der Waals surface area contributed by atoms with Gasteiger partial charge in [-0.25, -0.2) is 9.78 Å². The maximum absolute atomic E-state index is 14.2. The molecule has 2 saturated heterocycles. The van der Waals surface area contributed by atoms with Gasteiger partial charge in [-0.15, -0.1) is 0 Å². The third-order valence-corrected chi connectivity index (χ3v) is 7.38. The number of piperazine rings is 1. The maximum Gasteiger partial charge on any atom is 0.433 e. The number of anilines is 1. The fourth-order valence-corrected chi connectivity index (χ4v) is 5.58. The Kier molecular flexibility index (Phi) is 6.49. The van der Waals surface area contributed by atoms with Crippen molar-refractivity contribution in [3.8, 4) is 11.3 Å². The van der Waals surface area contributed by atoms with Gasteiger partial charge in [0.15, 0.2) is 0 Å². The van der Waals surface area contributed by atoms with Crippen LogP contribution < -0.4 is 15.8 Å². The first-order valence-corrected chi connectivity index (χ1v) is 12.8. The van der Waals surface area contributed by atoms with Gasteiger partial charge in [-0.3, -0.25) is 15.1 Å². The Morgan fingerprint density at radius 2 is 1.74 bits per heavy atom. The number of likely N-dealkylation sites (tertiary alicyclic amines) is 1. The molecule has 1 aromatic heterocycles. The number of methoxy groups -OCH3 is 1. The minimum absolute atomic E-state index is 0.396. The van der Waals surface area contributed by atoms with E-state index < -0.39 is 12.0 Å². The molecule has 2 aliphatic rings. The zero-order valence-electron chi connectivity index (χ0n) is 21.1. The largest absolute Gasteiger partial charge is 0.451 e. The SMILES string of the molecule is COC(=O)N(NC(=O)c1c(CN2C[C@@H]3C[C@H]2CN3)c(-c2ccccc2)nc2ccccc12)c1ccccc1. The highest BCUT2D eigenvalue weighted by Gasteiger charge is 2.38. The highest BCUT2D eigenvalue weighted by molar-refractivity contribution is 6.10. The fourth-order valence-electron chi connectivity index (χ4n) is 5.58. The second kappa shape index (κ2) is 10.2. The van der Waals surface area contributed by atoms with Crippen LogP contribution in [0.5, 0.6) is 0 Å². The lowest BCUT2D eigenvalue weighted by molar-refractivity contribution is 0.0940. The van der Waals surface area contributed by atoms with E-state index in [0.29, 0.717) is 35.4 Å². The fraction of sp³-hybridized carbons (Fsp3) is 0.233. The van der Waals surface area contributed by atoms with Crippen molar-refractivity contribution in [2.24, 2.45) is 0 Å². The first-order chi connectivity index (χ1) is 18.6. The second-order valence-electron chi connectivity index (χ2n) is 9.70. The minimum atomic E-state index is -0.685. The van der Waals surface area contributed by atoms with Crippen molar-refractivity contribution in [2.45, 2.75) is 25.0 Å². The molecular weight excluding hydrogens is 478 g/mol. The predicted octanol–water partition coefficient (Wildman–Crippen LogP) is 4.37. The number of nitrogens with one attached hydrogen (secondary N) is 2. The first-order valence-electron chi connectivity index (χ1n) is 12.8. The molecule has 2 N–H and O–H groups in total.